The second-order valence-electron chi connectivity index (χ2n) is 8.95. The molecule has 3 heterocycles. The third kappa shape index (κ3) is 6.65. The molecule has 204 valence electrons. The zero-order valence-electron chi connectivity index (χ0n) is 21.9. The Hall–Kier alpha value is -2.70. The Morgan fingerprint density at radius 1 is 1.21 bits per heavy atom. The molecule has 0 saturated heterocycles. The number of nitrogens with one attached hydrogen (secondary N) is 2. The highest BCUT2D eigenvalue weighted by Crippen LogP contribution is 2.39. The van der Waals surface area contributed by atoms with Crippen LogP contribution in [0.15, 0.2) is 22.7 Å². The molecule has 0 radical (unpaired) electrons. The largest absolute Gasteiger partial charge is 0.462 e. The highest BCUT2D eigenvalue weighted by Gasteiger charge is 2.29. The van der Waals surface area contributed by atoms with Crippen molar-refractivity contribution in [3.05, 3.63) is 44.2 Å². The number of anilines is 1. The lowest BCUT2D eigenvalue weighted by atomic mass is 9.95. The van der Waals surface area contributed by atoms with E-state index in [9.17, 15) is 14.4 Å². The Labute approximate surface area is 234 Å². The first kappa shape index (κ1) is 28.3. The molecule has 0 spiro atoms. The summed E-state index contributed by atoms with van der Waals surface area (Å²) in [6, 6.07) is 3.62. The number of hydrogen-bond donors (Lipinski definition) is 2. The molecule has 2 amide bonds. The molecule has 1 aliphatic carbocycles. The zero-order valence-corrected chi connectivity index (χ0v) is 24.3. The van der Waals surface area contributed by atoms with Crippen LogP contribution in [0.2, 0.25) is 0 Å². The van der Waals surface area contributed by atoms with Gasteiger partial charge < -0.3 is 19.9 Å². The summed E-state index contributed by atoms with van der Waals surface area (Å²) >= 11 is 4.18. The number of unbranched alkanes of at least 4 members (excludes halogenated alkanes) is 1. The lowest BCUT2D eigenvalue weighted by Gasteiger charge is -2.14. The number of aryl methyl sites for hydroxylation is 1. The van der Waals surface area contributed by atoms with E-state index in [1.54, 1.807) is 13.0 Å². The Kier molecular flexibility index (Phi) is 9.97. The van der Waals surface area contributed by atoms with Crippen LogP contribution >= 0.6 is 34.4 Å². The number of fused-ring (bicyclic) bond motifs is 1. The van der Waals surface area contributed by atoms with Crippen molar-refractivity contribution in [3.8, 4) is 0 Å². The average molecular weight is 576 g/mol. The maximum Gasteiger partial charge on any atom is 0.341 e. The van der Waals surface area contributed by atoms with Gasteiger partial charge in [0.05, 0.1) is 28.8 Å². The summed E-state index contributed by atoms with van der Waals surface area (Å²) in [7, 11) is 0. The number of carbonyl (C=O) groups excluding carboxylic acids is 3. The van der Waals surface area contributed by atoms with Crippen LogP contribution in [-0.2, 0) is 35.5 Å². The normalized spacial score (nSPS) is 13.6. The second kappa shape index (κ2) is 13.4. The molecule has 0 unspecified atom stereocenters. The summed E-state index contributed by atoms with van der Waals surface area (Å²) in [5.41, 5.74) is 1.52. The van der Waals surface area contributed by atoms with Gasteiger partial charge in [-0.05, 0) is 63.0 Å². The van der Waals surface area contributed by atoms with Gasteiger partial charge in [-0.15, -0.1) is 32.9 Å². The van der Waals surface area contributed by atoms with Crippen molar-refractivity contribution in [1.82, 2.24) is 20.1 Å². The number of aromatic nitrogens is 3. The molecule has 3 aromatic rings. The minimum atomic E-state index is -0.484. The predicted molar refractivity (Wildman–Crippen MR) is 151 cm³/mol. The van der Waals surface area contributed by atoms with E-state index in [-0.39, 0.29) is 30.9 Å². The van der Waals surface area contributed by atoms with Crippen molar-refractivity contribution in [3.63, 3.8) is 0 Å². The van der Waals surface area contributed by atoms with E-state index < -0.39 is 5.25 Å². The molecular formula is C26H33N5O4S3. The molecule has 1 aliphatic rings. The van der Waals surface area contributed by atoms with E-state index in [4.69, 9.17) is 4.74 Å². The van der Waals surface area contributed by atoms with E-state index in [2.05, 4.69) is 27.8 Å². The molecule has 0 saturated carbocycles. The third-order valence-corrected chi connectivity index (χ3v) is 9.38. The van der Waals surface area contributed by atoms with E-state index in [0.29, 0.717) is 33.0 Å². The number of nitrogens with zero attached hydrogens (tertiary/aromatic N) is 3. The number of rotatable bonds is 12. The molecule has 38 heavy (non-hydrogen) atoms. The van der Waals surface area contributed by atoms with Gasteiger partial charge in [-0.25, -0.2) is 4.79 Å². The fraction of sp³-hybridized carbons (Fsp3) is 0.500. The Morgan fingerprint density at radius 2 is 2.03 bits per heavy atom. The second-order valence-corrected chi connectivity index (χ2v) is 12.3. The van der Waals surface area contributed by atoms with Gasteiger partial charge in [0.2, 0.25) is 5.91 Å². The maximum absolute atomic E-state index is 13.3. The smallest absolute Gasteiger partial charge is 0.341 e. The summed E-state index contributed by atoms with van der Waals surface area (Å²) in [6.07, 6.45) is 5.75. The number of hydrogen-bond acceptors (Lipinski definition) is 9. The molecule has 3 aromatic heterocycles. The SMILES string of the molecule is CCCCn1c(CNC(=O)c2cccs2)nnc1S[C@H](C)C(=O)Nc1sc2c(c1C(=O)OCC)CCCC2. The van der Waals surface area contributed by atoms with Crippen LogP contribution in [0.25, 0.3) is 0 Å². The number of esters is 1. The topological polar surface area (TPSA) is 115 Å². The lowest BCUT2D eigenvalue weighted by Crippen LogP contribution is -2.25. The van der Waals surface area contributed by atoms with Crippen molar-refractivity contribution < 1.29 is 19.1 Å². The molecule has 4 rings (SSSR count). The van der Waals surface area contributed by atoms with E-state index in [1.165, 1.54) is 34.4 Å². The minimum Gasteiger partial charge on any atom is -0.462 e. The fourth-order valence-electron chi connectivity index (χ4n) is 4.23. The Bertz CT molecular complexity index is 1270. The van der Waals surface area contributed by atoms with Gasteiger partial charge in [0.15, 0.2) is 11.0 Å². The third-order valence-electron chi connectivity index (χ3n) is 6.22. The first-order chi connectivity index (χ1) is 18.4. The number of thiophene rings is 2. The van der Waals surface area contributed by atoms with Gasteiger partial charge in [0.1, 0.15) is 5.00 Å². The first-order valence-corrected chi connectivity index (χ1v) is 15.5. The standard InChI is InChI=1S/C26H33N5O4S3/c1-4-6-13-31-20(15-27-23(33)19-12-9-14-36-19)29-30-26(31)37-16(3)22(32)28-24-21(25(34)35-5-2)17-10-7-8-11-18(17)38-24/h9,12,14,16H,4-8,10-11,13,15H2,1-3H3,(H,27,33)(H,28,32)/t16-/m1/s1. The molecule has 12 heteroatoms. The quantitative estimate of drug-likeness (QED) is 0.222. The van der Waals surface area contributed by atoms with Gasteiger partial charge in [0.25, 0.3) is 5.91 Å². The first-order valence-electron chi connectivity index (χ1n) is 13.0. The van der Waals surface area contributed by atoms with Gasteiger partial charge in [-0.3, -0.25) is 9.59 Å². The lowest BCUT2D eigenvalue weighted by molar-refractivity contribution is -0.115. The molecule has 0 aliphatic heterocycles. The van der Waals surface area contributed by atoms with E-state index in [0.717, 1.165) is 49.0 Å². The number of ether oxygens (including phenoxy) is 1. The molecule has 2 N–H and O–H groups in total. The Morgan fingerprint density at radius 3 is 2.76 bits per heavy atom. The molecule has 0 bridgehead atoms. The van der Waals surface area contributed by atoms with Crippen molar-refractivity contribution in [2.24, 2.45) is 0 Å². The summed E-state index contributed by atoms with van der Waals surface area (Å²) in [4.78, 5) is 40.2. The fourth-order valence-corrected chi connectivity index (χ4v) is 7.04. The minimum absolute atomic E-state index is 0.150. The van der Waals surface area contributed by atoms with Gasteiger partial charge in [-0.1, -0.05) is 31.2 Å². The van der Waals surface area contributed by atoms with E-state index >= 15 is 0 Å². The number of thioether (sulfide) groups is 1. The van der Waals surface area contributed by atoms with Gasteiger partial charge >= 0.3 is 5.97 Å². The number of carbonyl (C=O) groups is 3. The van der Waals surface area contributed by atoms with Crippen LogP contribution in [0, 0.1) is 0 Å². The zero-order chi connectivity index (χ0) is 27.1. The van der Waals surface area contributed by atoms with Crippen LogP contribution < -0.4 is 10.6 Å². The van der Waals surface area contributed by atoms with Crippen molar-refractivity contribution >= 4 is 57.2 Å². The van der Waals surface area contributed by atoms with Crippen LogP contribution in [-0.4, -0.2) is 44.4 Å². The maximum atomic E-state index is 13.3. The summed E-state index contributed by atoms with van der Waals surface area (Å²) in [6.45, 7) is 6.92. The molecule has 1 atom stereocenters. The summed E-state index contributed by atoms with van der Waals surface area (Å²) in [5.74, 6) is -0.0928. The van der Waals surface area contributed by atoms with Crippen molar-refractivity contribution in [1.29, 1.82) is 0 Å². The number of amides is 2. The Balaban J connectivity index is 1.46. The van der Waals surface area contributed by atoms with Crippen LogP contribution in [0.4, 0.5) is 5.00 Å². The molecular weight excluding hydrogens is 543 g/mol. The van der Waals surface area contributed by atoms with E-state index in [1.807, 2.05) is 22.9 Å². The summed E-state index contributed by atoms with van der Waals surface area (Å²) in [5, 5.41) is 17.1. The van der Waals surface area contributed by atoms with Crippen molar-refractivity contribution in [2.45, 2.75) is 82.8 Å². The van der Waals surface area contributed by atoms with Crippen LogP contribution in [0.3, 0.4) is 0 Å². The molecule has 0 aromatic carbocycles. The highest BCUT2D eigenvalue weighted by atomic mass is 32.2. The predicted octanol–water partition coefficient (Wildman–Crippen LogP) is 5.31. The average Bonchev–Trinajstić information content (AvgIpc) is 3.65. The van der Waals surface area contributed by atoms with Gasteiger partial charge in [0, 0.05) is 11.4 Å². The van der Waals surface area contributed by atoms with Crippen LogP contribution in [0.5, 0.6) is 0 Å². The molecule has 0 fully saturated rings. The monoisotopic (exact) mass is 575 g/mol. The highest BCUT2D eigenvalue weighted by molar-refractivity contribution is 8.00. The molecule has 9 nitrogen and oxygen atoms in total. The van der Waals surface area contributed by atoms with Gasteiger partial charge in [-0.2, -0.15) is 0 Å². The van der Waals surface area contributed by atoms with Crippen molar-refractivity contribution in [2.75, 3.05) is 11.9 Å². The van der Waals surface area contributed by atoms with Crippen LogP contribution in [0.1, 0.15) is 82.7 Å². The summed E-state index contributed by atoms with van der Waals surface area (Å²) < 4.78 is 7.28.